The summed E-state index contributed by atoms with van der Waals surface area (Å²) in [7, 11) is 0. The number of hydroxylamine groups is 1. The van der Waals surface area contributed by atoms with Gasteiger partial charge in [-0.25, -0.2) is 10.3 Å². The van der Waals surface area contributed by atoms with E-state index >= 15 is 0 Å². The summed E-state index contributed by atoms with van der Waals surface area (Å²) < 4.78 is 0. The van der Waals surface area contributed by atoms with E-state index in [2.05, 4.69) is 17.7 Å². The number of urea groups is 1. The predicted molar refractivity (Wildman–Crippen MR) is 87.0 cm³/mol. The quantitative estimate of drug-likeness (QED) is 0.760. The van der Waals surface area contributed by atoms with Crippen LogP contribution in [0.4, 0.5) is 4.79 Å². The maximum Gasteiger partial charge on any atom is 0.339 e. The first-order valence-electron chi connectivity index (χ1n) is 7.56. The standard InChI is InChI=1S/C18H22N2O2/c1-2-9-17(16-12-7-4-8-13-16)19-18(21)20-22-14-15-10-5-3-6-11-15/h3-8,10-13,17H,2,9,14H2,1H3,(H2,19,20,21)/t17-/m1/s1. The molecule has 0 aliphatic carbocycles. The molecule has 116 valence electrons. The van der Waals surface area contributed by atoms with Crippen LogP contribution in [0.15, 0.2) is 60.7 Å². The molecule has 0 saturated heterocycles. The Morgan fingerprint density at radius 1 is 1.05 bits per heavy atom. The molecule has 0 heterocycles. The van der Waals surface area contributed by atoms with Gasteiger partial charge in [-0.2, -0.15) is 0 Å². The molecule has 2 rings (SSSR count). The van der Waals surface area contributed by atoms with Gasteiger partial charge in [0.1, 0.15) is 0 Å². The van der Waals surface area contributed by atoms with E-state index in [1.807, 2.05) is 60.7 Å². The van der Waals surface area contributed by atoms with Gasteiger partial charge in [0.25, 0.3) is 0 Å². The second-order valence-electron chi connectivity index (χ2n) is 5.10. The molecule has 0 saturated carbocycles. The molecule has 0 aromatic heterocycles. The highest BCUT2D eigenvalue weighted by atomic mass is 16.7. The van der Waals surface area contributed by atoms with Crippen LogP contribution in [0.3, 0.4) is 0 Å². The van der Waals surface area contributed by atoms with Crippen LogP contribution in [0, 0.1) is 0 Å². The van der Waals surface area contributed by atoms with E-state index in [0.717, 1.165) is 24.0 Å². The van der Waals surface area contributed by atoms with E-state index in [1.54, 1.807) is 0 Å². The molecule has 22 heavy (non-hydrogen) atoms. The summed E-state index contributed by atoms with van der Waals surface area (Å²) in [5.41, 5.74) is 4.55. The molecule has 2 aromatic carbocycles. The molecule has 1 atom stereocenters. The molecular weight excluding hydrogens is 276 g/mol. The van der Waals surface area contributed by atoms with Gasteiger partial charge in [-0.3, -0.25) is 4.84 Å². The topological polar surface area (TPSA) is 50.4 Å². The van der Waals surface area contributed by atoms with Crippen molar-refractivity contribution in [1.82, 2.24) is 10.8 Å². The van der Waals surface area contributed by atoms with Crippen LogP contribution < -0.4 is 10.8 Å². The molecule has 4 heteroatoms. The minimum Gasteiger partial charge on any atom is -0.330 e. The van der Waals surface area contributed by atoms with Crippen molar-refractivity contribution in [1.29, 1.82) is 0 Å². The fourth-order valence-electron chi connectivity index (χ4n) is 2.24. The summed E-state index contributed by atoms with van der Waals surface area (Å²) in [6.45, 7) is 2.44. The second-order valence-corrected chi connectivity index (χ2v) is 5.10. The molecular formula is C18H22N2O2. The van der Waals surface area contributed by atoms with Crippen molar-refractivity contribution in [2.75, 3.05) is 0 Å². The van der Waals surface area contributed by atoms with Gasteiger partial charge in [0.2, 0.25) is 0 Å². The second kappa shape index (κ2) is 8.85. The minimum atomic E-state index is -0.321. The Labute approximate surface area is 131 Å². The van der Waals surface area contributed by atoms with Crippen molar-refractivity contribution in [3.05, 3.63) is 71.8 Å². The molecule has 0 spiro atoms. The Morgan fingerprint density at radius 3 is 2.32 bits per heavy atom. The number of hydrogen-bond donors (Lipinski definition) is 2. The van der Waals surface area contributed by atoms with Crippen molar-refractivity contribution >= 4 is 6.03 Å². The number of hydrogen-bond acceptors (Lipinski definition) is 2. The van der Waals surface area contributed by atoms with E-state index < -0.39 is 0 Å². The van der Waals surface area contributed by atoms with Gasteiger partial charge in [0.05, 0.1) is 12.6 Å². The maximum atomic E-state index is 11.9. The third kappa shape index (κ3) is 5.22. The first kappa shape index (κ1) is 16.0. The van der Waals surface area contributed by atoms with Crippen LogP contribution in [0.1, 0.15) is 36.9 Å². The molecule has 0 bridgehead atoms. The van der Waals surface area contributed by atoms with Gasteiger partial charge >= 0.3 is 6.03 Å². The van der Waals surface area contributed by atoms with Crippen molar-refractivity contribution in [3.8, 4) is 0 Å². The summed E-state index contributed by atoms with van der Waals surface area (Å²) in [5, 5.41) is 2.95. The molecule has 2 aromatic rings. The normalized spacial score (nSPS) is 11.7. The zero-order valence-electron chi connectivity index (χ0n) is 12.8. The van der Waals surface area contributed by atoms with E-state index in [1.165, 1.54) is 0 Å². The Morgan fingerprint density at radius 2 is 1.68 bits per heavy atom. The van der Waals surface area contributed by atoms with E-state index in [4.69, 9.17) is 4.84 Å². The van der Waals surface area contributed by atoms with Gasteiger partial charge in [-0.05, 0) is 17.5 Å². The fourth-order valence-corrected chi connectivity index (χ4v) is 2.24. The lowest BCUT2D eigenvalue weighted by Crippen LogP contribution is -2.37. The summed E-state index contributed by atoms with van der Waals surface area (Å²) in [4.78, 5) is 17.2. The van der Waals surface area contributed by atoms with Crippen LogP contribution in [0.2, 0.25) is 0 Å². The maximum absolute atomic E-state index is 11.9. The van der Waals surface area contributed by atoms with Gasteiger partial charge < -0.3 is 5.32 Å². The number of rotatable bonds is 7. The number of carbonyl (C=O) groups is 1. The molecule has 0 aliphatic heterocycles. The first-order chi connectivity index (χ1) is 10.8. The number of amides is 2. The summed E-state index contributed by atoms with van der Waals surface area (Å²) >= 11 is 0. The van der Waals surface area contributed by atoms with E-state index in [-0.39, 0.29) is 12.1 Å². The van der Waals surface area contributed by atoms with Crippen molar-refractivity contribution in [3.63, 3.8) is 0 Å². The smallest absolute Gasteiger partial charge is 0.330 e. The number of benzene rings is 2. The Hall–Kier alpha value is -2.33. The predicted octanol–water partition coefficient (Wildman–Crippen LogP) is 3.96. The molecule has 4 nitrogen and oxygen atoms in total. The van der Waals surface area contributed by atoms with Gasteiger partial charge in [-0.15, -0.1) is 0 Å². The molecule has 2 N–H and O–H groups in total. The summed E-state index contributed by atoms with van der Waals surface area (Å²) in [6.07, 6.45) is 1.88. The van der Waals surface area contributed by atoms with Crippen molar-refractivity contribution < 1.29 is 9.63 Å². The largest absolute Gasteiger partial charge is 0.339 e. The lowest BCUT2D eigenvalue weighted by molar-refractivity contribution is 0.0480. The lowest BCUT2D eigenvalue weighted by Gasteiger charge is -2.18. The van der Waals surface area contributed by atoms with Gasteiger partial charge in [-0.1, -0.05) is 74.0 Å². The monoisotopic (exact) mass is 298 g/mol. The molecule has 0 fully saturated rings. The summed E-state index contributed by atoms with van der Waals surface area (Å²) in [6, 6.07) is 19.3. The number of carbonyl (C=O) groups excluding carboxylic acids is 1. The Bertz CT molecular complexity index is 558. The Kier molecular flexibility index (Phi) is 6.45. The van der Waals surface area contributed by atoms with Crippen LogP contribution in [-0.2, 0) is 11.4 Å². The Balaban J connectivity index is 1.81. The van der Waals surface area contributed by atoms with Crippen LogP contribution in [0.5, 0.6) is 0 Å². The van der Waals surface area contributed by atoms with Crippen LogP contribution in [0.25, 0.3) is 0 Å². The van der Waals surface area contributed by atoms with Gasteiger partial charge in [0, 0.05) is 0 Å². The first-order valence-corrected chi connectivity index (χ1v) is 7.56. The highest BCUT2D eigenvalue weighted by Gasteiger charge is 2.13. The SMILES string of the molecule is CCC[C@@H](NC(=O)NOCc1ccccc1)c1ccccc1. The molecule has 0 aliphatic rings. The highest BCUT2D eigenvalue weighted by Crippen LogP contribution is 2.17. The van der Waals surface area contributed by atoms with Crippen LogP contribution >= 0.6 is 0 Å². The zero-order chi connectivity index (χ0) is 15.6. The average Bonchev–Trinajstić information content (AvgIpc) is 2.56. The average molecular weight is 298 g/mol. The van der Waals surface area contributed by atoms with E-state index in [9.17, 15) is 4.79 Å². The van der Waals surface area contributed by atoms with Gasteiger partial charge in [0.15, 0.2) is 0 Å². The number of nitrogens with one attached hydrogen (secondary N) is 2. The third-order valence-electron chi connectivity index (χ3n) is 3.33. The van der Waals surface area contributed by atoms with Crippen molar-refractivity contribution in [2.45, 2.75) is 32.4 Å². The highest BCUT2D eigenvalue weighted by molar-refractivity contribution is 5.73. The fraction of sp³-hybridized carbons (Fsp3) is 0.278. The molecule has 0 unspecified atom stereocenters. The third-order valence-corrected chi connectivity index (χ3v) is 3.33. The zero-order valence-corrected chi connectivity index (χ0v) is 12.8. The van der Waals surface area contributed by atoms with Crippen LogP contribution in [-0.4, -0.2) is 6.03 Å². The van der Waals surface area contributed by atoms with E-state index in [0.29, 0.717) is 6.61 Å². The summed E-state index contributed by atoms with van der Waals surface area (Å²) in [5.74, 6) is 0. The van der Waals surface area contributed by atoms with Crippen molar-refractivity contribution in [2.24, 2.45) is 0 Å². The lowest BCUT2D eigenvalue weighted by atomic mass is 10.0. The minimum absolute atomic E-state index is 0.00785. The molecule has 0 radical (unpaired) electrons. The molecule has 2 amide bonds.